The number of rotatable bonds is 3. The first-order chi connectivity index (χ1) is 12.6. The van der Waals surface area contributed by atoms with E-state index in [1.165, 1.54) is 11.8 Å². The van der Waals surface area contributed by atoms with Gasteiger partial charge in [0.05, 0.1) is 15.7 Å². The fourth-order valence-corrected chi connectivity index (χ4v) is 3.77. The van der Waals surface area contributed by atoms with Crippen LogP contribution in [0.5, 0.6) is 0 Å². The molecule has 0 bridgehead atoms. The highest BCUT2D eigenvalue weighted by Gasteiger charge is 2.34. The highest BCUT2D eigenvalue weighted by Crippen LogP contribution is 2.38. The van der Waals surface area contributed by atoms with Gasteiger partial charge >= 0.3 is 0 Å². The minimum atomic E-state index is -0.478. The van der Waals surface area contributed by atoms with Crippen molar-refractivity contribution in [2.24, 2.45) is 4.99 Å². The van der Waals surface area contributed by atoms with Crippen molar-refractivity contribution in [3.8, 4) is 11.3 Å². The number of hydrogen-bond donors (Lipinski definition) is 1. The van der Waals surface area contributed by atoms with Gasteiger partial charge in [0, 0.05) is 5.56 Å². The Morgan fingerprint density at radius 3 is 2.58 bits per heavy atom. The van der Waals surface area contributed by atoms with E-state index < -0.39 is 5.25 Å². The van der Waals surface area contributed by atoms with Crippen LogP contribution in [0.2, 0.25) is 10.0 Å². The molecule has 4 rings (SSSR count). The summed E-state index contributed by atoms with van der Waals surface area (Å²) in [6.07, 6.45) is 0. The van der Waals surface area contributed by atoms with Crippen molar-refractivity contribution >= 4 is 51.7 Å². The Morgan fingerprint density at radius 2 is 1.81 bits per heavy atom. The van der Waals surface area contributed by atoms with E-state index in [-0.39, 0.29) is 5.91 Å². The predicted octanol–water partition coefficient (Wildman–Crippen LogP) is 5.85. The summed E-state index contributed by atoms with van der Waals surface area (Å²) < 4.78 is 5.88. The molecule has 1 N–H and O–H groups in total. The normalized spacial score (nSPS) is 18.3. The summed E-state index contributed by atoms with van der Waals surface area (Å²) in [5.41, 5.74) is 1.58. The lowest BCUT2D eigenvalue weighted by Crippen LogP contribution is -2.21. The van der Waals surface area contributed by atoms with Crippen LogP contribution in [0, 0.1) is 0 Å². The molecule has 0 saturated carbocycles. The molecule has 1 fully saturated rings. The number of nitrogens with one attached hydrogen (secondary N) is 1. The van der Waals surface area contributed by atoms with E-state index in [0.29, 0.717) is 26.7 Å². The second-order valence-electron chi connectivity index (χ2n) is 5.57. The van der Waals surface area contributed by atoms with Gasteiger partial charge in [-0.2, -0.15) is 0 Å². The number of thioether (sulfide) groups is 1. The molecule has 1 aliphatic rings. The number of furan rings is 1. The average Bonchev–Trinajstić information content (AvgIpc) is 3.25. The number of benzene rings is 2. The van der Waals surface area contributed by atoms with Crippen LogP contribution in [-0.4, -0.2) is 11.1 Å². The Balaban J connectivity index is 1.57. The quantitative estimate of drug-likeness (QED) is 0.597. The molecule has 1 atom stereocenters. The third-order valence-electron chi connectivity index (χ3n) is 3.77. The van der Waals surface area contributed by atoms with Crippen LogP contribution < -0.4 is 5.32 Å². The number of nitrogens with zero attached hydrogens (tertiary/aromatic N) is 1. The highest BCUT2D eigenvalue weighted by molar-refractivity contribution is 8.15. The second kappa shape index (κ2) is 7.19. The van der Waals surface area contributed by atoms with E-state index >= 15 is 0 Å². The minimum Gasteiger partial charge on any atom is -0.459 e. The summed E-state index contributed by atoms with van der Waals surface area (Å²) in [4.78, 5) is 16.8. The van der Waals surface area contributed by atoms with Gasteiger partial charge in [-0.05, 0) is 42.5 Å². The highest BCUT2D eigenvalue weighted by atomic mass is 35.5. The third-order valence-corrected chi connectivity index (χ3v) is 5.61. The molecule has 2 heterocycles. The molecule has 130 valence electrons. The molecule has 26 heavy (non-hydrogen) atoms. The first-order valence-electron chi connectivity index (χ1n) is 7.76. The Kier molecular flexibility index (Phi) is 4.76. The van der Waals surface area contributed by atoms with E-state index in [1.807, 2.05) is 42.5 Å². The number of carbonyl (C=O) groups excluding carboxylic acids is 1. The lowest BCUT2D eigenvalue weighted by atomic mass is 10.2. The van der Waals surface area contributed by atoms with Crippen LogP contribution in [0.25, 0.3) is 11.3 Å². The Hall–Kier alpha value is -2.21. The summed E-state index contributed by atoms with van der Waals surface area (Å²) in [5, 5.41) is 3.80. The Bertz CT molecular complexity index is 1000. The fourth-order valence-electron chi connectivity index (χ4n) is 2.53. The van der Waals surface area contributed by atoms with Crippen LogP contribution in [0.15, 0.2) is 70.1 Å². The van der Waals surface area contributed by atoms with Crippen molar-refractivity contribution in [2.45, 2.75) is 5.25 Å². The number of hydrogen-bond acceptors (Lipinski definition) is 4. The van der Waals surface area contributed by atoms with Crippen LogP contribution >= 0.6 is 35.0 Å². The lowest BCUT2D eigenvalue weighted by molar-refractivity contribution is -0.119. The van der Waals surface area contributed by atoms with Crippen LogP contribution in [0.1, 0.15) is 11.0 Å². The van der Waals surface area contributed by atoms with E-state index in [1.54, 1.807) is 18.2 Å². The maximum absolute atomic E-state index is 12.3. The van der Waals surface area contributed by atoms with E-state index in [2.05, 4.69) is 10.3 Å². The molecule has 1 aliphatic heterocycles. The molecular formula is C19H12Cl2N2O2S. The SMILES string of the molecule is O=C1NC(=Nc2ccccc2)S[C@H]1c1ccc(-c2ccc(Cl)c(Cl)c2)o1. The minimum absolute atomic E-state index is 0.153. The molecule has 0 spiro atoms. The van der Waals surface area contributed by atoms with Gasteiger partial charge in [0.25, 0.3) is 0 Å². The van der Waals surface area contributed by atoms with Crippen molar-refractivity contribution in [3.63, 3.8) is 0 Å². The molecule has 1 saturated heterocycles. The zero-order valence-electron chi connectivity index (χ0n) is 13.3. The van der Waals surface area contributed by atoms with E-state index in [4.69, 9.17) is 27.6 Å². The lowest BCUT2D eigenvalue weighted by Gasteiger charge is -2.02. The van der Waals surface area contributed by atoms with Gasteiger partial charge in [-0.15, -0.1) is 0 Å². The summed E-state index contributed by atoms with van der Waals surface area (Å²) in [5.74, 6) is 1.03. The summed E-state index contributed by atoms with van der Waals surface area (Å²) in [6.45, 7) is 0. The van der Waals surface area contributed by atoms with Crippen molar-refractivity contribution < 1.29 is 9.21 Å². The number of para-hydroxylation sites is 1. The zero-order valence-corrected chi connectivity index (χ0v) is 15.6. The van der Waals surface area contributed by atoms with E-state index in [0.717, 1.165) is 11.3 Å². The number of halogens is 2. The van der Waals surface area contributed by atoms with Crippen molar-refractivity contribution in [3.05, 3.63) is 76.5 Å². The largest absolute Gasteiger partial charge is 0.459 e. The van der Waals surface area contributed by atoms with Gasteiger partial charge in [0.1, 0.15) is 16.8 Å². The number of aliphatic imine (C=N–C) groups is 1. The molecule has 0 unspecified atom stereocenters. The van der Waals surface area contributed by atoms with Gasteiger partial charge < -0.3 is 9.73 Å². The Labute approximate surface area is 164 Å². The van der Waals surface area contributed by atoms with Crippen LogP contribution in [0.4, 0.5) is 5.69 Å². The van der Waals surface area contributed by atoms with Crippen molar-refractivity contribution in [1.29, 1.82) is 0 Å². The predicted molar refractivity (Wildman–Crippen MR) is 106 cm³/mol. The molecule has 4 nitrogen and oxygen atoms in total. The molecule has 0 radical (unpaired) electrons. The van der Waals surface area contributed by atoms with Crippen LogP contribution in [-0.2, 0) is 4.79 Å². The molecular weight excluding hydrogens is 391 g/mol. The zero-order chi connectivity index (χ0) is 18.1. The van der Waals surface area contributed by atoms with E-state index in [9.17, 15) is 4.79 Å². The number of carbonyl (C=O) groups is 1. The van der Waals surface area contributed by atoms with Crippen LogP contribution in [0.3, 0.4) is 0 Å². The number of amides is 1. The van der Waals surface area contributed by atoms with Gasteiger partial charge in [-0.3, -0.25) is 4.79 Å². The maximum Gasteiger partial charge on any atom is 0.247 e. The standard InChI is InChI=1S/C19H12Cl2N2O2S/c20-13-7-6-11(10-14(13)21)15-8-9-16(25-15)17-18(24)23-19(26-17)22-12-4-2-1-3-5-12/h1-10,17H,(H,22,23,24)/t17-/m0/s1. The van der Waals surface area contributed by atoms with Crippen molar-refractivity contribution in [1.82, 2.24) is 5.32 Å². The molecule has 3 aromatic rings. The first-order valence-corrected chi connectivity index (χ1v) is 9.40. The molecule has 1 aromatic heterocycles. The first kappa shape index (κ1) is 17.2. The molecule has 0 aliphatic carbocycles. The monoisotopic (exact) mass is 402 g/mol. The molecule has 7 heteroatoms. The summed E-state index contributed by atoms with van der Waals surface area (Å²) in [6, 6.07) is 18.3. The fraction of sp³-hybridized carbons (Fsp3) is 0.0526. The summed E-state index contributed by atoms with van der Waals surface area (Å²) in [7, 11) is 0. The molecule has 1 amide bonds. The van der Waals surface area contributed by atoms with Crippen molar-refractivity contribution in [2.75, 3.05) is 0 Å². The van der Waals surface area contributed by atoms with Gasteiger partial charge in [-0.25, -0.2) is 4.99 Å². The topological polar surface area (TPSA) is 54.6 Å². The summed E-state index contributed by atoms with van der Waals surface area (Å²) >= 11 is 13.3. The third kappa shape index (κ3) is 3.51. The smallest absolute Gasteiger partial charge is 0.247 e. The number of amidine groups is 1. The Morgan fingerprint density at radius 1 is 1.00 bits per heavy atom. The maximum atomic E-state index is 12.3. The molecule has 2 aromatic carbocycles. The average molecular weight is 403 g/mol. The second-order valence-corrected chi connectivity index (χ2v) is 7.48. The van der Waals surface area contributed by atoms with Gasteiger partial charge in [0.15, 0.2) is 5.17 Å². The van der Waals surface area contributed by atoms with Gasteiger partial charge in [0.2, 0.25) is 5.91 Å². The van der Waals surface area contributed by atoms with Gasteiger partial charge in [-0.1, -0.05) is 53.2 Å².